The van der Waals surface area contributed by atoms with Crippen molar-refractivity contribution in [3.63, 3.8) is 0 Å². The van der Waals surface area contributed by atoms with Gasteiger partial charge in [0.25, 0.3) is 0 Å². The van der Waals surface area contributed by atoms with Crippen molar-refractivity contribution in [2.75, 3.05) is 33.3 Å². The molecule has 180 valence electrons. The van der Waals surface area contributed by atoms with Crippen LogP contribution in [0.25, 0.3) is 0 Å². The van der Waals surface area contributed by atoms with Crippen LogP contribution in [0.15, 0.2) is 24.3 Å². The van der Waals surface area contributed by atoms with E-state index in [-0.39, 0.29) is 17.7 Å². The van der Waals surface area contributed by atoms with Gasteiger partial charge in [-0.3, -0.25) is 19.7 Å². The van der Waals surface area contributed by atoms with Crippen LogP contribution in [0.1, 0.15) is 32.3 Å². The molecule has 2 amide bonds. The standard InChI is InChI=1S/C23H37N3O5S/c1-15(2)13-19(25-18(11-12-32-6)23(29)31-5)22(28)26-20(21(27)24-3)14-16-7-9-17(30-4)10-8-16/h7-10,15,18-20,25H,11-14H2,1-6H3,(H,24,27)(H,26,28)/t18-,19+,20+/m1/s1. The normalized spacial score (nSPS) is 13.7. The summed E-state index contributed by atoms with van der Waals surface area (Å²) in [5, 5.41) is 8.64. The molecule has 0 unspecified atom stereocenters. The molecule has 0 saturated carbocycles. The number of esters is 1. The van der Waals surface area contributed by atoms with Gasteiger partial charge in [0.05, 0.1) is 20.3 Å². The zero-order valence-corrected chi connectivity index (χ0v) is 20.7. The van der Waals surface area contributed by atoms with Crippen molar-refractivity contribution in [2.45, 2.75) is 51.2 Å². The van der Waals surface area contributed by atoms with E-state index in [0.717, 1.165) is 17.1 Å². The zero-order chi connectivity index (χ0) is 24.1. The lowest BCUT2D eigenvalue weighted by Gasteiger charge is -2.27. The maximum Gasteiger partial charge on any atom is 0.322 e. The smallest absolute Gasteiger partial charge is 0.322 e. The fourth-order valence-electron chi connectivity index (χ4n) is 3.27. The molecule has 0 bridgehead atoms. The summed E-state index contributed by atoms with van der Waals surface area (Å²) < 4.78 is 10.1. The minimum Gasteiger partial charge on any atom is -0.497 e. The van der Waals surface area contributed by atoms with E-state index in [1.54, 1.807) is 18.9 Å². The number of hydrogen-bond donors (Lipinski definition) is 3. The molecule has 1 rings (SSSR count). The molecule has 1 aromatic rings. The average Bonchev–Trinajstić information content (AvgIpc) is 2.79. The number of benzene rings is 1. The van der Waals surface area contributed by atoms with E-state index in [2.05, 4.69) is 16.0 Å². The first-order valence-corrected chi connectivity index (χ1v) is 12.1. The second kappa shape index (κ2) is 14.7. The number of carbonyl (C=O) groups excluding carboxylic acids is 3. The predicted molar refractivity (Wildman–Crippen MR) is 128 cm³/mol. The number of thioether (sulfide) groups is 1. The maximum atomic E-state index is 13.2. The van der Waals surface area contributed by atoms with Gasteiger partial charge in [0.2, 0.25) is 11.8 Å². The summed E-state index contributed by atoms with van der Waals surface area (Å²) in [5.41, 5.74) is 0.889. The van der Waals surface area contributed by atoms with Gasteiger partial charge in [0.1, 0.15) is 17.8 Å². The number of amides is 2. The van der Waals surface area contributed by atoms with E-state index in [9.17, 15) is 14.4 Å². The van der Waals surface area contributed by atoms with Crippen LogP contribution < -0.4 is 20.7 Å². The van der Waals surface area contributed by atoms with Crippen molar-refractivity contribution >= 4 is 29.5 Å². The lowest BCUT2D eigenvalue weighted by Crippen LogP contribution is -2.56. The third-order valence-corrected chi connectivity index (χ3v) is 5.64. The summed E-state index contributed by atoms with van der Waals surface area (Å²) >= 11 is 1.62. The van der Waals surface area contributed by atoms with Gasteiger partial charge in [-0.1, -0.05) is 26.0 Å². The Kier molecular flexibility index (Phi) is 12.8. The number of nitrogens with one attached hydrogen (secondary N) is 3. The summed E-state index contributed by atoms with van der Waals surface area (Å²) in [6, 6.07) is 5.37. The molecule has 0 radical (unpaired) electrons. The van der Waals surface area contributed by atoms with E-state index in [1.165, 1.54) is 14.2 Å². The summed E-state index contributed by atoms with van der Waals surface area (Å²) in [4.78, 5) is 37.9. The molecule has 0 fully saturated rings. The van der Waals surface area contributed by atoms with Crippen LogP contribution in [0.4, 0.5) is 0 Å². The van der Waals surface area contributed by atoms with Gasteiger partial charge in [0.15, 0.2) is 0 Å². The van der Waals surface area contributed by atoms with Gasteiger partial charge in [-0.05, 0) is 48.5 Å². The van der Waals surface area contributed by atoms with Gasteiger partial charge in [-0.15, -0.1) is 0 Å². The number of ether oxygens (including phenoxy) is 2. The Hall–Kier alpha value is -2.26. The average molecular weight is 468 g/mol. The van der Waals surface area contributed by atoms with Crippen LogP contribution >= 0.6 is 11.8 Å². The Labute approximate surface area is 195 Å². The zero-order valence-electron chi connectivity index (χ0n) is 19.9. The third-order valence-electron chi connectivity index (χ3n) is 5.00. The van der Waals surface area contributed by atoms with E-state index >= 15 is 0 Å². The van der Waals surface area contributed by atoms with Crippen molar-refractivity contribution in [3.8, 4) is 5.75 Å². The summed E-state index contributed by atoms with van der Waals surface area (Å²) in [6.45, 7) is 4.01. The van der Waals surface area contributed by atoms with E-state index < -0.39 is 24.1 Å². The van der Waals surface area contributed by atoms with Crippen LogP contribution in [-0.4, -0.2) is 69.2 Å². The molecule has 0 heterocycles. The van der Waals surface area contributed by atoms with Crippen LogP contribution in [0.2, 0.25) is 0 Å². The maximum absolute atomic E-state index is 13.2. The molecule has 0 aliphatic carbocycles. The second-order valence-corrected chi connectivity index (χ2v) is 8.92. The van der Waals surface area contributed by atoms with Crippen molar-refractivity contribution in [1.29, 1.82) is 0 Å². The molecule has 0 aliphatic heterocycles. The highest BCUT2D eigenvalue weighted by atomic mass is 32.2. The Balaban J connectivity index is 3.00. The van der Waals surface area contributed by atoms with Crippen LogP contribution in [0, 0.1) is 5.92 Å². The summed E-state index contributed by atoms with van der Waals surface area (Å²) in [6.07, 6.45) is 3.35. The van der Waals surface area contributed by atoms with E-state index in [0.29, 0.717) is 19.3 Å². The Morgan fingerprint density at radius 2 is 1.66 bits per heavy atom. The fraction of sp³-hybridized carbons (Fsp3) is 0.609. The second-order valence-electron chi connectivity index (χ2n) is 7.93. The SMILES string of the molecule is CNC(=O)[C@H](Cc1ccc(OC)cc1)NC(=O)[C@H](CC(C)C)N[C@H](CCSC)C(=O)OC. The molecule has 0 aliphatic rings. The Bertz CT molecular complexity index is 727. The van der Waals surface area contributed by atoms with Gasteiger partial charge < -0.3 is 20.1 Å². The third kappa shape index (κ3) is 9.48. The summed E-state index contributed by atoms with van der Waals surface area (Å²) in [5.74, 6) is 0.665. The number of rotatable bonds is 14. The number of hydrogen-bond acceptors (Lipinski definition) is 7. The molecule has 9 heteroatoms. The number of likely N-dealkylation sites (N-methyl/N-ethyl adjacent to an activating group) is 1. The van der Waals surface area contributed by atoms with Crippen molar-refractivity contribution < 1.29 is 23.9 Å². The van der Waals surface area contributed by atoms with Crippen molar-refractivity contribution in [1.82, 2.24) is 16.0 Å². The first-order valence-electron chi connectivity index (χ1n) is 10.7. The molecule has 32 heavy (non-hydrogen) atoms. The molecule has 0 aromatic heterocycles. The molecule has 0 saturated heterocycles. The molecule has 1 aromatic carbocycles. The molecule has 3 N–H and O–H groups in total. The molecule has 3 atom stereocenters. The lowest BCUT2D eigenvalue weighted by atomic mass is 10.00. The number of carbonyl (C=O) groups is 3. The van der Waals surface area contributed by atoms with Gasteiger partial charge in [-0.2, -0.15) is 11.8 Å². The van der Waals surface area contributed by atoms with Crippen LogP contribution in [0.3, 0.4) is 0 Å². The predicted octanol–water partition coefficient (Wildman–Crippen LogP) is 1.77. The first kappa shape index (κ1) is 27.8. The lowest BCUT2D eigenvalue weighted by molar-refractivity contribution is -0.143. The van der Waals surface area contributed by atoms with Gasteiger partial charge in [-0.25, -0.2) is 0 Å². The van der Waals surface area contributed by atoms with Crippen molar-refractivity contribution in [2.24, 2.45) is 5.92 Å². The minimum absolute atomic E-state index is 0.206. The monoisotopic (exact) mass is 467 g/mol. The summed E-state index contributed by atoms with van der Waals surface area (Å²) in [7, 11) is 4.46. The van der Waals surface area contributed by atoms with Gasteiger partial charge in [0, 0.05) is 13.5 Å². The first-order chi connectivity index (χ1) is 15.2. The highest BCUT2D eigenvalue weighted by molar-refractivity contribution is 7.98. The molecule has 8 nitrogen and oxygen atoms in total. The Morgan fingerprint density at radius 1 is 1.00 bits per heavy atom. The topological polar surface area (TPSA) is 106 Å². The molecular weight excluding hydrogens is 430 g/mol. The minimum atomic E-state index is -0.750. The van der Waals surface area contributed by atoms with E-state index in [1.807, 2.05) is 44.4 Å². The van der Waals surface area contributed by atoms with Gasteiger partial charge >= 0.3 is 5.97 Å². The fourth-order valence-corrected chi connectivity index (χ4v) is 3.74. The van der Waals surface area contributed by atoms with Crippen LogP contribution in [0.5, 0.6) is 5.75 Å². The quantitative estimate of drug-likeness (QED) is 0.358. The van der Waals surface area contributed by atoms with Crippen LogP contribution in [-0.2, 0) is 25.5 Å². The largest absolute Gasteiger partial charge is 0.497 e. The molecular formula is C23H37N3O5S. The highest BCUT2D eigenvalue weighted by Gasteiger charge is 2.30. The highest BCUT2D eigenvalue weighted by Crippen LogP contribution is 2.14. The van der Waals surface area contributed by atoms with E-state index in [4.69, 9.17) is 9.47 Å². The Morgan fingerprint density at radius 3 is 2.16 bits per heavy atom. The van der Waals surface area contributed by atoms with Crippen molar-refractivity contribution in [3.05, 3.63) is 29.8 Å². The molecule has 0 spiro atoms. The number of methoxy groups -OCH3 is 2.